The van der Waals surface area contributed by atoms with Crippen LogP contribution < -0.4 is 0 Å². The van der Waals surface area contributed by atoms with Crippen molar-refractivity contribution < 1.29 is 9.50 Å². The van der Waals surface area contributed by atoms with E-state index in [1.54, 1.807) is 37.1 Å². The van der Waals surface area contributed by atoms with Crippen molar-refractivity contribution in [2.45, 2.75) is 18.1 Å². The molecule has 0 amide bonds. The summed E-state index contributed by atoms with van der Waals surface area (Å²) in [6, 6.07) is 12.0. The van der Waals surface area contributed by atoms with Crippen LogP contribution in [0, 0.1) is 5.82 Å². The number of benzene rings is 2. The summed E-state index contributed by atoms with van der Waals surface area (Å²) in [6.45, 7) is 0. The van der Waals surface area contributed by atoms with Crippen molar-refractivity contribution in [3.63, 3.8) is 0 Å². The lowest BCUT2D eigenvalue weighted by atomic mass is 9.86. The Morgan fingerprint density at radius 1 is 1.07 bits per heavy atom. The van der Waals surface area contributed by atoms with E-state index in [-0.39, 0.29) is 11.9 Å². The molecule has 0 saturated heterocycles. The largest absolute Gasteiger partial charge is 0.379 e. The maximum atomic E-state index is 14.6. The topological polar surface area (TPSA) is 50.9 Å². The molecule has 0 fully saturated rings. The third-order valence-corrected chi connectivity index (χ3v) is 5.59. The summed E-state index contributed by atoms with van der Waals surface area (Å²) in [7, 11) is 0. The zero-order valence-electron chi connectivity index (χ0n) is 14.2. The summed E-state index contributed by atoms with van der Waals surface area (Å²) in [4.78, 5) is 8.32. The van der Waals surface area contributed by atoms with Crippen LogP contribution in [0.3, 0.4) is 0 Å². The van der Waals surface area contributed by atoms with Gasteiger partial charge in [0.15, 0.2) is 0 Å². The number of aromatic nitrogens is 3. The van der Waals surface area contributed by atoms with Gasteiger partial charge in [-0.05, 0) is 35.2 Å². The number of halogens is 2. The highest BCUT2D eigenvalue weighted by Crippen LogP contribution is 2.47. The van der Waals surface area contributed by atoms with Gasteiger partial charge >= 0.3 is 0 Å². The minimum absolute atomic E-state index is 0.319. The Hall–Kier alpha value is -2.76. The van der Waals surface area contributed by atoms with Gasteiger partial charge in [0, 0.05) is 34.8 Å². The Balaban J connectivity index is 1.65. The molecule has 2 atom stereocenters. The normalized spacial score (nSPS) is 21.5. The average Bonchev–Trinajstić information content (AvgIpc) is 3.25. The monoisotopic (exact) mass is 379 g/mol. The highest BCUT2D eigenvalue weighted by Gasteiger charge is 2.45. The fourth-order valence-electron chi connectivity index (χ4n) is 3.99. The average molecular weight is 380 g/mol. The van der Waals surface area contributed by atoms with Gasteiger partial charge in [0.25, 0.3) is 0 Å². The molecule has 2 aromatic carbocycles. The molecule has 2 aromatic heterocycles. The van der Waals surface area contributed by atoms with Gasteiger partial charge in [0.05, 0.1) is 24.3 Å². The van der Waals surface area contributed by atoms with Crippen molar-refractivity contribution in [3.05, 3.63) is 95.0 Å². The Labute approximate surface area is 159 Å². The summed E-state index contributed by atoms with van der Waals surface area (Å²) < 4.78 is 16.4. The van der Waals surface area contributed by atoms with E-state index >= 15 is 0 Å². The molecule has 1 unspecified atom stereocenters. The number of nitrogens with zero attached hydrogens (tertiary/aromatic N) is 3. The first-order valence-electron chi connectivity index (χ1n) is 8.60. The lowest BCUT2D eigenvalue weighted by molar-refractivity contribution is 0.0794. The Morgan fingerprint density at radius 3 is 2.81 bits per heavy atom. The lowest BCUT2D eigenvalue weighted by Gasteiger charge is -2.23. The fraction of sp³-hybridized carbons (Fsp3) is 0.143. The molecule has 0 aliphatic carbocycles. The second-order valence-corrected chi connectivity index (χ2v) is 7.31. The van der Waals surface area contributed by atoms with Crippen molar-refractivity contribution in [3.8, 4) is 0 Å². The molecular formula is C21H15ClFN3O. The maximum Gasteiger partial charge on any atom is 0.133 e. The highest BCUT2D eigenvalue weighted by molar-refractivity contribution is 6.30. The predicted octanol–water partition coefficient (Wildman–Crippen LogP) is 4.45. The van der Waals surface area contributed by atoms with Crippen LogP contribution in [-0.4, -0.2) is 19.6 Å². The van der Waals surface area contributed by atoms with Gasteiger partial charge in [0.2, 0.25) is 0 Å². The summed E-state index contributed by atoms with van der Waals surface area (Å²) in [6.07, 6.45) is 7.11. The minimum Gasteiger partial charge on any atom is -0.379 e. The van der Waals surface area contributed by atoms with E-state index in [1.807, 2.05) is 28.8 Å². The molecule has 0 radical (unpaired) electrons. The summed E-state index contributed by atoms with van der Waals surface area (Å²) in [5.74, 6) is -0.388. The van der Waals surface area contributed by atoms with E-state index < -0.39 is 5.60 Å². The molecule has 4 nitrogen and oxygen atoms in total. The zero-order valence-corrected chi connectivity index (χ0v) is 14.9. The third-order valence-electron chi connectivity index (χ3n) is 5.35. The molecule has 0 spiro atoms. The Morgan fingerprint density at radius 2 is 1.96 bits per heavy atom. The number of imidazole rings is 1. The fourth-order valence-corrected chi connectivity index (χ4v) is 4.15. The molecule has 134 valence electrons. The Kier molecular flexibility index (Phi) is 3.57. The molecule has 0 saturated carbocycles. The predicted molar refractivity (Wildman–Crippen MR) is 101 cm³/mol. The van der Waals surface area contributed by atoms with E-state index in [4.69, 9.17) is 11.6 Å². The third kappa shape index (κ3) is 2.46. The second-order valence-electron chi connectivity index (χ2n) is 6.87. The number of aliphatic hydroxyl groups is 1. The van der Waals surface area contributed by atoms with Crippen LogP contribution in [0.5, 0.6) is 0 Å². The van der Waals surface area contributed by atoms with Crippen molar-refractivity contribution in [1.29, 1.82) is 0 Å². The first-order valence-corrected chi connectivity index (χ1v) is 8.98. The second kappa shape index (κ2) is 5.87. The molecule has 5 rings (SSSR count). The first kappa shape index (κ1) is 16.4. The van der Waals surface area contributed by atoms with E-state index in [0.717, 1.165) is 16.3 Å². The maximum absolute atomic E-state index is 14.6. The first-order chi connectivity index (χ1) is 13.1. The van der Waals surface area contributed by atoms with Gasteiger partial charge in [-0.1, -0.05) is 29.8 Å². The molecule has 1 N–H and O–H groups in total. The van der Waals surface area contributed by atoms with E-state index in [0.29, 0.717) is 22.7 Å². The molecule has 6 heteroatoms. The van der Waals surface area contributed by atoms with Crippen LogP contribution in [0.25, 0.3) is 10.8 Å². The van der Waals surface area contributed by atoms with E-state index in [9.17, 15) is 9.50 Å². The van der Waals surface area contributed by atoms with Gasteiger partial charge in [0.1, 0.15) is 11.4 Å². The summed E-state index contributed by atoms with van der Waals surface area (Å²) in [5, 5.41) is 13.9. The molecule has 0 bridgehead atoms. The SMILES string of the molecule is OC1(c2ccc3cnccc3c2)C[C@H](c2ccc(Cl)cc2F)n2cncc21. The van der Waals surface area contributed by atoms with Crippen LogP contribution >= 0.6 is 11.6 Å². The lowest BCUT2D eigenvalue weighted by Crippen LogP contribution is -2.24. The smallest absolute Gasteiger partial charge is 0.133 e. The Bertz CT molecular complexity index is 1180. The zero-order chi connectivity index (χ0) is 18.6. The van der Waals surface area contributed by atoms with Gasteiger partial charge in [-0.15, -0.1) is 0 Å². The highest BCUT2D eigenvalue weighted by atomic mass is 35.5. The molecule has 3 heterocycles. The van der Waals surface area contributed by atoms with Crippen molar-refractivity contribution in [1.82, 2.24) is 14.5 Å². The van der Waals surface area contributed by atoms with Crippen LogP contribution in [0.4, 0.5) is 4.39 Å². The summed E-state index contributed by atoms with van der Waals surface area (Å²) in [5.41, 5.74) is 0.625. The van der Waals surface area contributed by atoms with E-state index in [1.165, 1.54) is 6.07 Å². The molecule has 27 heavy (non-hydrogen) atoms. The number of hydrogen-bond donors (Lipinski definition) is 1. The van der Waals surface area contributed by atoms with Gasteiger partial charge in [-0.25, -0.2) is 9.37 Å². The van der Waals surface area contributed by atoms with Crippen LogP contribution in [0.2, 0.25) is 5.02 Å². The van der Waals surface area contributed by atoms with Crippen LogP contribution in [0.1, 0.15) is 29.3 Å². The number of fused-ring (bicyclic) bond motifs is 2. The molecule has 1 aliphatic rings. The minimum atomic E-state index is -1.26. The number of hydrogen-bond acceptors (Lipinski definition) is 3. The standard InChI is InChI=1S/C21H15ClFN3O/c22-16-3-4-17(18(23)8-16)19-9-21(27,20-11-25-12-26(19)20)15-2-1-14-10-24-6-5-13(14)7-15/h1-8,10-12,19,27H,9H2/t19-,21?/m1/s1. The van der Waals surface area contributed by atoms with Crippen LogP contribution in [0.15, 0.2) is 67.4 Å². The van der Waals surface area contributed by atoms with Gasteiger partial charge in [-0.3, -0.25) is 4.98 Å². The van der Waals surface area contributed by atoms with Gasteiger partial charge in [-0.2, -0.15) is 0 Å². The molecule has 4 aromatic rings. The number of pyridine rings is 1. The van der Waals surface area contributed by atoms with E-state index in [2.05, 4.69) is 9.97 Å². The number of rotatable bonds is 2. The molecule has 1 aliphatic heterocycles. The quantitative estimate of drug-likeness (QED) is 0.559. The molecular weight excluding hydrogens is 365 g/mol. The van der Waals surface area contributed by atoms with Crippen molar-refractivity contribution >= 4 is 22.4 Å². The van der Waals surface area contributed by atoms with Crippen LogP contribution in [-0.2, 0) is 5.60 Å². The van der Waals surface area contributed by atoms with Crippen molar-refractivity contribution in [2.24, 2.45) is 0 Å². The van der Waals surface area contributed by atoms with Gasteiger partial charge < -0.3 is 9.67 Å². The summed E-state index contributed by atoms with van der Waals surface area (Å²) >= 11 is 5.90. The van der Waals surface area contributed by atoms with Crippen molar-refractivity contribution in [2.75, 3.05) is 0 Å².